The highest BCUT2D eigenvalue weighted by Gasteiger charge is 2.23. The second-order valence-electron chi connectivity index (χ2n) is 4.81. The van der Waals surface area contributed by atoms with Crippen LogP contribution in [0.15, 0.2) is 29.3 Å². The molecule has 2 aromatic rings. The normalized spacial score (nSPS) is 15.1. The van der Waals surface area contributed by atoms with Gasteiger partial charge in [0.15, 0.2) is 11.5 Å². The van der Waals surface area contributed by atoms with Crippen molar-refractivity contribution in [2.24, 2.45) is 0 Å². The molecule has 1 aliphatic rings. The number of H-pyrrole nitrogens is 1. The summed E-state index contributed by atoms with van der Waals surface area (Å²) in [7, 11) is -3.62. The van der Waals surface area contributed by atoms with Crippen LogP contribution < -0.4 is 14.2 Å². The number of fused-ring (bicyclic) bond motifs is 1. The summed E-state index contributed by atoms with van der Waals surface area (Å²) < 4.78 is 37.8. The van der Waals surface area contributed by atoms with Gasteiger partial charge in [0.05, 0.1) is 11.9 Å². The van der Waals surface area contributed by atoms with Crippen molar-refractivity contribution in [3.8, 4) is 11.5 Å². The Labute approximate surface area is 122 Å². The molecule has 0 aliphatic carbocycles. The second kappa shape index (κ2) is 5.05. The van der Waals surface area contributed by atoms with Gasteiger partial charge in [0.1, 0.15) is 4.90 Å². The molecule has 112 valence electrons. The number of hydrogen-bond donors (Lipinski definition) is 2. The standard InChI is InChI=1S/C13H15N3O4S/c1-8(10-3-4-11-12(5-10)20-7-19-11)16-21(17,18)13-6-14-15-9(13)2/h3-6,8,16H,7H2,1-2H3,(H,14,15). The Hall–Kier alpha value is -2.06. The summed E-state index contributed by atoms with van der Waals surface area (Å²) >= 11 is 0. The van der Waals surface area contributed by atoms with Crippen LogP contribution in [0.2, 0.25) is 0 Å². The van der Waals surface area contributed by atoms with Gasteiger partial charge in [-0.15, -0.1) is 0 Å². The summed E-state index contributed by atoms with van der Waals surface area (Å²) in [6.07, 6.45) is 1.30. The highest BCUT2D eigenvalue weighted by atomic mass is 32.2. The summed E-state index contributed by atoms with van der Waals surface area (Å²) in [4.78, 5) is 0.148. The van der Waals surface area contributed by atoms with Gasteiger partial charge in [-0.05, 0) is 31.5 Å². The third-order valence-corrected chi connectivity index (χ3v) is 4.96. The number of nitrogens with one attached hydrogen (secondary N) is 2. The predicted octanol–water partition coefficient (Wildman–Crippen LogP) is 1.49. The van der Waals surface area contributed by atoms with Crippen LogP contribution in [0.5, 0.6) is 11.5 Å². The summed E-state index contributed by atoms with van der Waals surface area (Å²) in [5.74, 6) is 1.29. The van der Waals surface area contributed by atoms with E-state index in [2.05, 4.69) is 14.9 Å². The topological polar surface area (TPSA) is 93.3 Å². The van der Waals surface area contributed by atoms with Crippen molar-refractivity contribution in [1.29, 1.82) is 0 Å². The van der Waals surface area contributed by atoms with E-state index < -0.39 is 16.1 Å². The van der Waals surface area contributed by atoms with Crippen molar-refractivity contribution in [1.82, 2.24) is 14.9 Å². The van der Waals surface area contributed by atoms with Gasteiger partial charge >= 0.3 is 0 Å². The third kappa shape index (κ3) is 2.59. The Morgan fingerprint density at radius 2 is 2.10 bits per heavy atom. The number of aromatic amines is 1. The van der Waals surface area contributed by atoms with Crippen molar-refractivity contribution in [3.63, 3.8) is 0 Å². The molecule has 1 aromatic carbocycles. The van der Waals surface area contributed by atoms with Gasteiger partial charge < -0.3 is 9.47 Å². The molecule has 21 heavy (non-hydrogen) atoms. The van der Waals surface area contributed by atoms with E-state index in [0.29, 0.717) is 17.2 Å². The minimum atomic E-state index is -3.62. The van der Waals surface area contributed by atoms with E-state index in [9.17, 15) is 8.42 Å². The zero-order valence-electron chi connectivity index (χ0n) is 11.6. The highest BCUT2D eigenvalue weighted by Crippen LogP contribution is 2.34. The molecule has 0 radical (unpaired) electrons. The van der Waals surface area contributed by atoms with E-state index in [0.717, 1.165) is 5.56 Å². The summed E-state index contributed by atoms with van der Waals surface area (Å²) in [5.41, 5.74) is 1.30. The minimum Gasteiger partial charge on any atom is -0.454 e. The summed E-state index contributed by atoms with van der Waals surface area (Å²) in [6, 6.07) is 4.95. The number of rotatable bonds is 4. The Morgan fingerprint density at radius 3 is 2.81 bits per heavy atom. The average Bonchev–Trinajstić information content (AvgIpc) is 3.05. The van der Waals surface area contributed by atoms with E-state index in [1.165, 1.54) is 6.20 Å². The van der Waals surface area contributed by atoms with Crippen LogP contribution >= 0.6 is 0 Å². The number of hydrogen-bond acceptors (Lipinski definition) is 5. The van der Waals surface area contributed by atoms with Crippen molar-refractivity contribution in [3.05, 3.63) is 35.7 Å². The van der Waals surface area contributed by atoms with E-state index in [4.69, 9.17) is 9.47 Å². The van der Waals surface area contributed by atoms with Crippen LogP contribution in [-0.4, -0.2) is 25.4 Å². The van der Waals surface area contributed by atoms with E-state index in [1.54, 1.807) is 26.0 Å². The molecule has 0 amide bonds. The molecule has 7 nitrogen and oxygen atoms in total. The maximum Gasteiger partial charge on any atom is 0.244 e. The van der Waals surface area contributed by atoms with Gasteiger partial charge in [-0.2, -0.15) is 5.10 Å². The number of benzene rings is 1. The second-order valence-corrected chi connectivity index (χ2v) is 6.50. The fraction of sp³-hybridized carbons (Fsp3) is 0.308. The van der Waals surface area contributed by atoms with Gasteiger partial charge in [0.2, 0.25) is 16.8 Å². The van der Waals surface area contributed by atoms with Gasteiger partial charge in [-0.25, -0.2) is 13.1 Å². The molecule has 0 saturated heterocycles. The van der Waals surface area contributed by atoms with Crippen molar-refractivity contribution in [2.75, 3.05) is 6.79 Å². The molecule has 1 aromatic heterocycles. The Balaban J connectivity index is 1.83. The maximum atomic E-state index is 12.3. The molecule has 1 atom stereocenters. The maximum absolute atomic E-state index is 12.3. The van der Waals surface area contributed by atoms with Crippen molar-refractivity contribution >= 4 is 10.0 Å². The van der Waals surface area contributed by atoms with Crippen LogP contribution in [0, 0.1) is 6.92 Å². The van der Waals surface area contributed by atoms with Gasteiger partial charge in [0.25, 0.3) is 0 Å². The number of ether oxygens (including phenoxy) is 2. The lowest BCUT2D eigenvalue weighted by Crippen LogP contribution is -2.27. The minimum absolute atomic E-state index is 0.148. The van der Waals surface area contributed by atoms with E-state index in [-0.39, 0.29) is 11.7 Å². The van der Waals surface area contributed by atoms with Crippen LogP contribution in [0.4, 0.5) is 0 Å². The van der Waals surface area contributed by atoms with Crippen LogP contribution in [0.3, 0.4) is 0 Å². The number of sulfonamides is 1. The molecule has 0 fully saturated rings. The Bertz CT molecular complexity index is 769. The molecule has 2 heterocycles. The quantitative estimate of drug-likeness (QED) is 0.892. The summed E-state index contributed by atoms with van der Waals surface area (Å²) in [6.45, 7) is 3.62. The lowest BCUT2D eigenvalue weighted by molar-refractivity contribution is 0.174. The first kappa shape index (κ1) is 13.9. The average molecular weight is 309 g/mol. The lowest BCUT2D eigenvalue weighted by atomic mass is 10.1. The fourth-order valence-corrected chi connectivity index (χ4v) is 3.53. The van der Waals surface area contributed by atoms with Crippen molar-refractivity contribution in [2.45, 2.75) is 24.8 Å². The van der Waals surface area contributed by atoms with E-state index >= 15 is 0 Å². The number of aromatic nitrogens is 2. The van der Waals surface area contributed by atoms with Gasteiger partial charge in [-0.3, -0.25) is 5.10 Å². The van der Waals surface area contributed by atoms with Gasteiger partial charge in [-0.1, -0.05) is 6.07 Å². The monoisotopic (exact) mass is 309 g/mol. The first-order valence-corrected chi connectivity index (χ1v) is 7.87. The van der Waals surface area contributed by atoms with Crippen molar-refractivity contribution < 1.29 is 17.9 Å². The van der Waals surface area contributed by atoms with Crippen LogP contribution in [0.1, 0.15) is 24.2 Å². The first-order valence-electron chi connectivity index (χ1n) is 6.39. The molecular weight excluding hydrogens is 294 g/mol. The molecule has 1 unspecified atom stereocenters. The van der Waals surface area contributed by atoms with Gasteiger partial charge in [0, 0.05) is 6.04 Å². The molecule has 8 heteroatoms. The molecule has 0 bridgehead atoms. The lowest BCUT2D eigenvalue weighted by Gasteiger charge is -2.14. The Kier molecular flexibility index (Phi) is 3.34. The Morgan fingerprint density at radius 1 is 1.33 bits per heavy atom. The highest BCUT2D eigenvalue weighted by molar-refractivity contribution is 7.89. The smallest absolute Gasteiger partial charge is 0.244 e. The van der Waals surface area contributed by atoms with Crippen LogP contribution in [0.25, 0.3) is 0 Å². The molecule has 2 N–H and O–H groups in total. The molecular formula is C13H15N3O4S. The third-order valence-electron chi connectivity index (χ3n) is 3.30. The largest absolute Gasteiger partial charge is 0.454 e. The molecule has 3 rings (SSSR count). The molecule has 0 spiro atoms. The SMILES string of the molecule is Cc1[nH]ncc1S(=O)(=O)NC(C)c1ccc2c(c1)OCO2. The van der Waals surface area contributed by atoms with E-state index in [1.807, 2.05) is 6.07 Å². The predicted molar refractivity (Wildman–Crippen MR) is 74.6 cm³/mol. The number of nitrogens with zero attached hydrogens (tertiary/aromatic N) is 1. The zero-order valence-corrected chi connectivity index (χ0v) is 12.4. The summed E-state index contributed by atoms with van der Waals surface area (Å²) in [5, 5.41) is 6.35. The number of aryl methyl sites for hydroxylation is 1. The van der Waals surface area contributed by atoms with Crippen LogP contribution in [-0.2, 0) is 10.0 Å². The fourth-order valence-electron chi connectivity index (χ4n) is 2.16. The first-order chi connectivity index (χ1) is 9.97. The zero-order chi connectivity index (χ0) is 15.0. The molecule has 0 saturated carbocycles. The molecule has 1 aliphatic heterocycles.